The van der Waals surface area contributed by atoms with Gasteiger partial charge in [-0.25, -0.2) is 0 Å². The van der Waals surface area contributed by atoms with Gasteiger partial charge in [0.2, 0.25) is 5.75 Å². The Labute approximate surface area is 212 Å². The molecule has 0 bridgehead atoms. The van der Waals surface area contributed by atoms with Gasteiger partial charge >= 0.3 is 0 Å². The molecule has 0 aliphatic carbocycles. The monoisotopic (exact) mass is 476 g/mol. The van der Waals surface area contributed by atoms with Gasteiger partial charge in [-0.2, -0.15) is 0 Å². The molecule has 0 fully saturated rings. The van der Waals surface area contributed by atoms with Crippen molar-refractivity contribution in [3.05, 3.63) is 60.7 Å². The van der Waals surface area contributed by atoms with Crippen LogP contribution in [-0.2, 0) is 0 Å². The van der Waals surface area contributed by atoms with E-state index in [1.54, 1.807) is 0 Å². The summed E-state index contributed by atoms with van der Waals surface area (Å²) in [6.45, 7) is 10.4. The van der Waals surface area contributed by atoms with Crippen molar-refractivity contribution in [1.82, 2.24) is 0 Å². The highest BCUT2D eigenvalue weighted by molar-refractivity contribution is 5.93. The number of hydrogen-bond acceptors (Lipinski definition) is 3. The molecule has 190 valence electrons. The Bertz CT molecular complexity index is 998. The topological polar surface area (TPSA) is 27.7 Å². The fourth-order valence-corrected chi connectivity index (χ4v) is 4.44. The summed E-state index contributed by atoms with van der Waals surface area (Å²) in [5, 5.41) is 2.18. The standard InChI is InChI=1S/C32H44O3/c1-5-9-16-25(7-3)23-33-31-29-21-15-14-18-27(29)22-30(35-28-19-12-11-13-20-28)32(31)34-24-26(8-4)17-10-6-2/h11-15,18-22,25-26H,5-10,16-17,23-24H2,1-4H3. The Hall–Kier alpha value is -2.68. The average molecular weight is 477 g/mol. The van der Waals surface area contributed by atoms with Crippen LogP contribution in [0.25, 0.3) is 10.8 Å². The van der Waals surface area contributed by atoms with Gasteiger partial charge < -0.3 is 14.2 Å². The molecule has 0 amide bonds. The summed E-state index contributed by atoms with van der Waals surface area (Å²) >= 11 is 0. The lowest BCUT2D eigenvalue weighted by atomic mass is 10.00. The zero-order chi connectivity index (χ0) is 24.9. The molecule has 0 saturated heterocycles. The molecule has 3 aromatic rings. The first kappa shape index (κ1) is 26.9. The van der Waals surface area contributed by atoms with Crippen molar-refractivity contribution in [2.45, 2.75) is 79.1 Å². The molecule has 3 nitrogen and oxygen atoms in total. The lowest BCUT2D eigenvalue weighted by molar-refractivity contribution is 0.196. The van der Waals surface area contributed by atoms with E-state index in [4.69, 9.17) is 14.2 Å². The molecule has 0 aromatic heterocycles. The molecule has 0 aliphatic heterocycles. The van der Waals surface area contributed by atoms with Crippen LogP contribution in [0.5, 0.6) is 23.0 Å². The summed E-state index contributed by atoms with van der Waals surface area (Å²) < 4.78 is 19.6. The van der Waals surface area contributed by atoms with Crippen LogP contribution in [0.15, 0.2) is 60.7 Å². The first-order valence-electron chi connectivity index (χ1n) is 13.7. The molecule has 0 saturated carbocycles. The number of hydrogen-bond donors (Lipinski definition) is 0. The summed E-state index contributed by atoms with van der Waals surface area (Å²) in [6, 6.07) is 20.4. The van der Waals surface area contributed by atoms with Crippen LogP contribution in [0.2, 0.25) is 0 Å². The van der Waals surface area contributed by atoms with Crippen molar-refractivity contribution in [3.8, 4) is 23.0 Å². The number of unbranched alkanes of at least 4 members (excludes halogenated alkanes) is 2. The van der Waals surface area contributed by atoms with E-state index in [-0.39, 0.29) is 0 Å². The molecule has 0 aliphatic rings. The molecular weight excluding hydrogens is 432 g/mol. The van der Waals surface area contributed by atoms with Crippen molar-refractivity contribution in [2.24, 2.45) is 11.8 Å². The predicted octanol–water partition coefficient (Wildman–Crippen LogP) is 9.82. The van der Waals surface area contributed by atoms with E-state index in [1.165, 1.54) is 38.5 Å². The van der Waals surface area contributed by atoms with Crippen LogP contribution in [0.3, 0.4) is 0 Å². The number of benzene rings is 3. The van der Waals surface area contributed by atoms with Gasteiger partial charge in [0.15, 0.2) is 11.5 Å². The molecular formula is C32H44O3. The van der Waals surface area contributed by atoms with Crippen LogP contribution in [0.1, 0.15) is 79.1 Å². The Morgan fingerprint density at radius 2 is 1.23 bits per heavy atom. The normalized spacial score (nSPS) is 12.9. The van der Waals surface area contributed by atoms with E-state index < -0.39 is 0 Å². The SMILES string of the molecule is CCCCC(CC)COc1c(Oc2ccccc2)cc2ccccc2c1OCC(CC)CCCC. The molecule has 0 radical (unpaired) electrons. The molecule has 3 aromatic carbocycles. The second kappa shape index (κ2) is 14.7. The molecule has 0 N–H and O–H groups in total. The lowest BCUT2D eigenvalue weighted by Crippen LogP contribution is -2.15. The van der Waals surface area contributed by atoms with Crippen molar-refractivity contribution in [2.75, 3.05) is 13.2 Å². The minimum Gasteiger partial charge on any atom is -0.489 e. The van der Waals surface area contributed by atoms with Gasteiger partial charge in [-0.3, -0.25) is 0 Å². The van der Waals surface area contributed by atoms with Gasteiger partial charge in [0.05, 0.1) is 13.2 Å². The molecule has 2 unspecified atom stereocenters. The quantitative estimate of drug-likeness (QED) is 0.206. The highest BCUT2D eigenvalue weighted by Gasteiger charge is 2.21. The largest absolute Gasteiger partial charge is 0.489 e. The third-order valence-electron chi connectivity index (χ3n) is 6.91. The number of para-hydroxylation sites is 1. The third kappa shape index (κ3) is 7.92. The highest BCUT2D eigenvalue weighted by atomic mass is 16.5. The molecule has 2 atom stereocenters. The van der Waals surface area contributed by atoms with Crippen LogP contribution < -0.4 is 14.2 Å². The van der Waals surface area contributed by atoms with E-state index in [9.17, 15) is 0 Å². The second-order valence-electron chi connectivity index (χ2n) is 9.62. The Kier molecular flexibility index (Phi) is 11.3. The predicted molar refractivity (Wildman–Crippen MR) is 148 cm³/mol. The van der Waals surface area contributed by atoms with E-state index in [1.807, 2.05) is 30.3 Å². The van der Waals surface area contributed by atoms with Gasteiger partial charge in [-0.1, -0.05) is 109 Å². The maximum Gasteiger partial charge on any atom is 0.204 e. The van der Waals surface area contributed by atoms with Crippen LogP contribution >= 0.6 is 0 Å². The van der Waals surface area contributed by atoms with E-state index in [0.29, 0.717) is 25.0 Å². The minimum absolute atomic E-state index is 0.520. The zero-order valence-electron chi connectivity index (χ0n) is 22.2. The molecule has 0 heterocycles. The summed E-state index contributed by atoms with van der Waals surface area (Å²) in [5.41, 5.74) is 0. The van der Waals surface area contributed by atoms with E-state index >= 15 is 0 Å². The fraction of sp³-hybridized carbons (Fsp3) is 0.500. The maximum absolute atomic E-state index is 6.62. The number of fused-ring (bicyclic) bond motifs is 1. The smallest absolute Gasteiger partial charge is 0.204 e. The summed E-state index contributed by atoms with van der Waals surface area (Å²) in [5.74, 6) is 4.12. The number of ether oxygens (including phenoxy) is 3. The van der Waals surface area contributed by atoms with Gasteiger partial charge in [-0.15, -0.1) is 0 Å². The maximum atomic E-state index is 6.62. The number of rotatable bonds is 16. The first-order chi connectivity index (χ1) is 17.2. The molecule has 35 heavy (non-hydrogen) atoms. The molecule has 3 heteroatoms. The highest BCUT2D eigenvalue weighted by Crippen LogP contribution is 2.46. The van der Waals surface area contributed by atoms with Crippen LogP contribution in [-0.4, -0.2) is 13.2 Å². The van der Waals surface area contributed by atoms with Crippen molar-refractivity contribution < 1.29 is 14.2 Å². The Balaban J connectivity index is 1.99. The van der Waals surface area contributed by atoms with E-state index in [2.05, 4.69) is 58.0 Å². The van der Waals surface area contributed by atoms with Gasteiger partial charge in [0.1, 0.15) is 5.75 Å². The average Bonchev–Trinajstić information content (AvgIpc) is 2.90. The Morgan fingerprint density at radius 1 is 0.657 bits per heavy atom. The van der Waals surface area contributed by atoms with Gasteiger partial charge in [-0.05, 0) is 48.3 Å². The zero-order valence-corrected chi connectivity index (χ0v) is 22.2. The minimum atomic E-state index is 0.520. The van der Waals surface area contributed by atoms with E-state index in [0.717, 1.165) is 46.6 Å². The third-order valence-corrected chi connectivity index (χ3v) is 6.91. The molecule has 3 rings (SSSR count). The Morgan fingerprint density at radius 3 is 1.83 bits per heavy atom. The lowest BCUT2D eigenvalue weighted by Gasteiger charge is -2.23. The van der Waals surface area contributed by atoms with Gasteiger partial charge in [0.25, 0.3) is 0 Å². The van der Waals surface area contributed by atoms with Crippen LogP contribution in [0.4, 0.5) is 0 Å². The summed E-state index contributed by atoms with van der Waals surface area (Å²) in [7, 11) is 0. The first-order valence-corrected chi connectivity index (χ1v) is 13.7. The van der Waals surface area contributed by atoms with Crippen molar-refractivity contribution in [3.63, 3.8) is 0 Å². The summed E-state index contributed by atoms with van der Waals surface area (Å²) in [6.07, 6.45) is 9.47. The molecule has 0 spiro atoms. The van der Waals surface area contributed by atoms with Crippen molar-refractivity contribution >= 4 is 10.8 Å². The second-order valence-corrected chi connectivity index (χ2v) is 9.62. The van der Waals surface area contributed by atoms with Crippen LogP contribution in [0, 0.1) is 11.8 Å². The van der Waals surface area contributed by atoms with Crippen molar-refractivity contribution in [1.29, 1.82) is 0 Å². The summed E-state index contributed by atoms with van der Waals surface area (Å²) in [4.78, 5) is 0. The van der Waals surface area contributed by atoms with Gasteiger partial charge in [0, 0.05) is 5.39 Å². The fourth-order valence-electron chi connectivity index (χ4n) is 4.44.